The first-order chi connectivity index (χ1) is 14.9. The second kappa shape index (κ2) is 8.52. The lowest BCUT2D eigenvalue weighted by molar-refractivity contribution is -0.132. The lowest BCUT2D eigenvalue weighted by Crippen LogP contribution is -2.51. The van der Waals surface area contributed by atoms with Gasteiger partial charge in [-0.05, 0) is 18.2 Å². The van der Waals surface area contributed by atoms with E-state index in [9.17, 15) is 18.0 Å². The van der Waals surface area contributed by atoms with Crippen LogP contribution in [0.3, 0.4) is 0 Å². The van der Waals surface area contributed by atoms with Crippen molar-refractivity contribution in [2.45, 2.75) is 11.4 Å². The molecule has 162 valence electrons. The Labute approximate surface area is 180 Å². The minimum Gasteiger partial charge on any atom is -0.465 e. The monoisotopic (exact) mass is 441 g/mol. The maximum Gasteiger partial charge on any atom is 0.340 e. The van der Waals surface area contributed by atoms with Crippen molar-refractivity contribution in [2.24, 2.45) is 0 Å². The number of esters is 1. The molecule has 9 heteroatoms. The third kappa shape index (κ3) is 4.06. The van der Waals surface area contributed by atoms with Crippen LogP contribution in [0.15, 0.2) is 65.7 Å². The quantitative estimate of drug-likeness (QED) is 0.565. The number of rotatable bonds is 5. The molecule has 1 aliphatic heterocycles. The van der Waals surface area contributed by atoms with Gasteiger partial charge in [0.1, 0.15) is 6.54 Å². The topological polar surface area (TPSA) is 88.9 Å². The number of fused-ring (bicyclic) bond motifs is 1. The van der Waals surface area contributed by atoms with E-state index in [-0.39, 0.29) is 30.4 Å². The fourth-order valence-electron chi connectivity index (χ4n) is 3.82. The first kappa shape index (κ1) is 21.1. The smallest absolute Gasteiger partial charge is 0.340 e. The summed E-state index contributed by atoms with van der Waals surface area (Å²) in [4.78, 5) is 26.9. The Morgan fingerprint density at radius 2 is 1.58 bits per heavy atom. The van der Waals surface area contributed by atoms with Gasteiger partial charge in [0.05, 0.1) is 17.6 Å². The zero-order valence-electron chi connectivity index (χ0n) is 17.1. The fourth-order valence-corrected chi connectivity index (χ4v) is 5.26. The Morgan fingerprint density at radius 1 is 0.935 bits per heavy atom. The number of hydrogen-bond donors (Lipinski definition) is 0. The van der Waals surface area contributed by atoms with E-state index in [1.807, 2.05) is 24.3 Å². The third-order valence-electron chi connectivity index (χ3n) is 5.47. The highest BCUT2D eigenvalue weighted by Crippen LogP contribution is 2.23. The van der Waals surface area contributed by atoms with Gasteiger partial charge in [0.2, 0.25) is 15.9 Å². The summed E-state index contributed by atoms with van der Waals surface area (Å²) in [5.41, 5.74) is 1.17. The van der Waals surface area contributed by atoms with Gasteiger partial charge < -0.3 is 14.2 Å². The number of benzene rings is 2. The van der Waals surface area contributed by atoms with Crippen LogP contribution in [0.25, 0.3) is 10.9 Å². The first-order valence-electron chi connectivity index (χ1n) is 9.91. The van der Waals surface area contributed by atoms with Gasteiger partial charge in [0, 0.05) is 43.3 Å². The SMILES string of the molecule is COC(=O)c1cn(CC(=O)N2CCN(S(=O)(=O)c3ccccc3)CC2)c2ccccc12. The van der Waals surface area contributed by atoms with Crippen molar-refractivity contribution in [1.82, 2.24) is 13.8 Å². The minimum absolute atomic E-state index is 0.0585. The summed E-state index contributed by atoms with van der Waals surface area (Å²) in [7, 11) is -2.25. The summed E-state index contributed by atoms with van der Waals surface area (Å²) >= 11 is 0. The molecule has 3 aromatic rings. The van der Waals surface area contributed by atoms with Crippen LogP contribution in [0.2, 0.25) is 0 Å². The van der Waals surface area contributed by atoms with Gasteiger partial charge in [0.25, 0.3) is 0 Å². The summed E-state index contributed by atoms with van der Waals surface area (Å²) in [6.07, 6.45) is 1.63. The molecule has 0 bridgehead atoms. The molecule has 0 spiro atoms. The molecule has 0 N–H and O–H groups in total. The Morgan fingerprint density at radius 3 is 2.26 bits per heavy atom. The molecule has 0 atom stereocenters. The van der Waals surface area contributed by atoms with E-state index in [0.29, 0.717) is 18.7 Å². The molecule has 8 nitrogen and oxygen atoms in total. The summed E-state index contributed by atoms with van der Waals surface area (Å²) in [5.74, 6) is -0.587. The van der Waals surface area contributed by atoms with E-state index >= 15 is 0 Å². The number of carbonyl (C=O) groups is 2. The van der Waals surface area contributed by atoms with E-state index in [4.69, 9.17) is 4.74 Å². The number of nitrogens with zero attached hydrogens (tertiary/aromatic N) is 3. The molecule has 2 heterocycles. The molecule has 31 heavy (non-hydrogen) atoms. The molecule has 1 amide bonds. The summed E-state index contributed by atoms with van der Waals surface area (Å²) in [6, 6.07) is 15.6. The van der Waals surface area contributed by atoms with Crippen LogP contribution >= 0.6 is 0 Å². The highest BCUT2D eigenvalue weighted by molar-refractivity contribution is 7.89. The number of para-hydroxylation sites is 1. The number of hydrogen-bond acceptors (Lipinski definition) is 5. The summed E-state index contributed by atoms with van der Waals surface area (Å²) < 4.78 is 33.5. The van der Waals surface area contributed by atoms with Gasteiger partial charge >= 0.3 is 5.97 Å². The number of piperazine rings is 1. The fraction of sp³-hybridized carbons (Fsp3) is 0.273. The van der Waals surface area contributed by atoms with Crippen LogP contribution in [-0.2, 0) is 26.1 Å². The van der Waals surface area contributed by atoms with E-state index in [1.54, 1.807) is 46.0 Å². The molecule has 1 saturated heterocycles. The lowest BCUT2D eigenvalue weighted by Gasteiger charge is -2.34. The number of aromatic nitrogens is 1. The molecule has 1 aliphatic rings. The van der Waals surface area contributed by atoms with Crippen molar-refractivity contribution >= 4 is 32.8 Å². The maximum atomic E-state index is 12.9. The van der Waals surface area contributed by atoms with Crippen LogP contribution in [0.5, 0.6) is 0 Å². The predicted molar refractivity (Wildman–Crippen MR) is 115 cm³/mol. The van der Waals surface area contributed by atoms with Crippen molar-refractivity contribution in [1.29, 1.82) is 0 Å². The maximum absolute atomic E-state index is 12.9. The third-order valence-corrected chi connectivity index (χ3v) is 7.38. The second-order valence-corrected chi connectivity index (χ2v) is 9.22. The molecular weight excluding hydrogens is 418 g/mol. The van der Waals surface area contributed by atoms with Crippen LogP contribution in [0.1, 0.15) is 10.4 Å². The minimum atomic E-state index is -3.57. The molecule has 0 radical (unpaired) electrons. The number of sulfonamides is 1. The van der Waals surface area contributed by atoms with Gasteiger partial charge in [-0.1, -0.05) is 36.4 Å². The van der Waals surface area contributed by atoms with Gasteiger partial charge in [0.15, 0.2) is 0 Å². The van der Waals surface area contributed by atoms with Gasteiger partial charge in [-0.25, -0.2) is 13.2 Å². The highest BCUT2D eigenvalue weighted by Gasteiger charge is 2.30. The van der Waals surface area contributed by atoms with E-state index in [0.717, 1.165) is 10.9 Å². The molecule has 0 saturated carbocycles. The zero-order valence-corrected chi connectivity index (χ0v) is 17.9. The molecule has 0 unspecified atom stereocenters. The summed E-state index contributed by atoms with van der Waals surface area (Å²) in [6.45, 7) is 1.16. The lowest BCUT2D eigenvalue weighted by atomic mass is 10.2. The molecular formula is C22H23N3O5S. The molecule has 0 aliphatic carbocycles. The Balaban J connectivity index is 1.46. The Bertz CT molecular complexity index is 1210. The normalized spacial score (nSPS) is 15.2. The van der Waals surface area contributed by atoms with Gasteiger partial charge in [-0.3, -0.25) is 4.79 Å². The van der Waals surface area contributed by atoms with E-state index < -0.39 is 16.0 Å². The van der Waals surface area contributed by atoms with Crippen molar-refractivity contribution in [3.8, 4) is 0 Å². The van der Waals surface area contributed by atoms with Crippen LogP contribution in [-0.4, -0.2) is 67.4 Å². The van der Waals surface area contributed by atoms with E-state index in [2.05, 4.69) is 0 Å². The summed E-state index contributed by atoms with van der Waals surface area (Å²) in [5, 5.41) is 0.723. The zero-order chi connectivity index (χ0) is 22.0. The highest BCUT2D eigenvalue weighted by atomic mass is 32.2. The van der Waals surface area contributed by atoms with Crippen molar-refractivity contribution in [3.05, 3.63) is 66.4 Å². The van der Waals surface area contributed by atoms with Crippen LogP contribution in [0.4, 0.5) is 0 Å². The molecule has 1 aromatic heterocycles. The number of amides is 1. The standard InChI is InChI=1S/C22H23N3O5S/c1-30-22(27)19-15-24(20-10-6-5-9-18(19)20)16-21(26)23-11-13-25(14-12-23)31(28,29)17-7-3-2-4-8-17/h2-10,15H,11-14,16H2,1H3. The second-order valence-electron chi connectivity index (χ2n) is 7.28. The predicted octanol–water partition coefficient (Wildman–Crippen LogP) is 1.96. The molecule has 1 fully saturated rings. The van der Waals surface area contributed by atoms with E-state index in [1.165, 1.54) is 11.4 Å². The number of ether oxygens (including phenoxy) is 1. The Hall–Kier alpha value is -3.17. The largest absolute Gasteiger partial charge is 0.465 e. The van der Waals surface area contributed by atoms with Crippen molar-refractivity contribution in [2.75, 3.05) is 33.3 Å². The average Bonchev–Trinajstić information content (AvgIpc) is 3.17. The number of methoxy groups -OCH3 is 1. The average molecular weight is 442 g/mol. The van der Waals surface area contributed by atoms with Crippen LogP contribution < -0.4 is 0 Å². The van der Waals surface area contributed by atoms with Gasteiger partial charge in [-0.2, -0.15) is 4.31 Å². The molecule has 4 rings (SSSR count). The number of carbonyl (C=O) groups excluding carboxylic acids is 2. The van der Waals surface area contributed by atoms with Crippen molar-refractivity contribution < 1.29 is 22.7 Å². The Kier molecular flexibility index (Phi) is 5.79. The van der Waals surface area contributed by atoms with Gasteiger partial charge in [-0.15, -0.1) is 0 Å². The van der Waals surface area contributed by atoms with Crippen molar-refractivity contribution in [3.63, 3.8) is 0 Å². The first-order valence-corrected chi connectivity index (χ1v) is 11.3. The van der Waals surface area contributed by atoms with Crippen LogP contribution in [0, 0.1) is 0 Å². The molecule has 2 aromatic carbocycles.